The molecule has 0 radical (unpaired) electrons. The van der Waals surface area contributed by atoms with Crippen molar-refractivity contribution in [3.05, 3.63) is 35.9 Å². The molecule has 1 heterocycles. The van der Waals surface area contributed by atoms with Gasteiger partial charge in [-0.05, 0) is 80.2 Å². The zero-order valence-electron chi connectivity index (χ0n) is 23.6. The first kappa shape index (κ1) is 30.4. The molecular formula is C28H44N2O7. The predicted octanol–water partition coefficient (Wildman–Crippen LogP) is 5.56. The normalized spacial score (nSPS) is 19.3. The van der Waals surface area contributed by atoms with Gasteiger partial charge in [-0.2, -0.15) is 0 Å². The zero-order chi connectivity index (χ0) is 27.9. The molecule has 0 spiro atoms. The molecule has 2 amide bonds. The van der Waals surface area contributed by atoms with Gasteiger partial charge in [0.1, 0.15) is 23.5 Å². The third-order valence-electron chi connectivity index (χ3n) is 5.57. The molecule has 1 aromatic carbocycles. The molecule has 37 heavy (non-hydrogen) atoms. The molecule has 0 saturated carbocycles. The van der Waals surface area contributed by atoms with Gasteiger partial charge in [-0.15, -0.1) is 0 Å². The summed E-state index contributed by atoms with van der Waals surface area (Å²) in [7, 11) is 0. The van der Waals surface area contributed by atoms with Crippen molar-refractivity contribution in [3.8, 4) is 0 Å². The Labute approximate surface area is 221 Å². The van der Waals surface area contributed by atoms with Crippen LogP contribution in [0.4, 0.5) is 9.59 Å². The van der Waals surface area contributed by atoms with E-state index in [4.69, 9.17) is 18.9 Å². The van der Waals surface area contributed by atoms with Crippen molar-refractivity contribution in [1.29, 1.82) is 0 Å². The first-order chi connectivity index (χ1) is 17.1. The Morgan fingerprint density at radius 3 is 2.19 bits per heavy atom. The molecule has 0 aromatic heterocycles. The number of nitrogens with zero attached hydrogens (tertiary/aromatic N) is 1. The topological polar surface area (TPSA) is 103 Å². The Kier molecular flexibility index (Phi) is 10.4. The lowest BCUT2D eigenvalue weighted by atomic mass is 10.0. The zero-order valence-corrected chi connectivity index (χ0v) is 23.6. The molecule has 2 rings (SSSR count). The molecule has 1 aliphatic rings. The molecule has 0 bridgehead atoms. The minimum Gasteiger partial charge on any atom is -0.460 e. The number of benzene rings is 1. The van der Waals surface area contributed by atoms with Gasteiger partial charge in [0.15, 0.2) is 0 Å². The van der Waals surface area contributed by atoms with Gasteiger partial charge in [0.25, 0.3) is 0 Å². The molecule has 1 fully saturated rings. The molecular weight excluding hydrogens is 476 g/mol. The molecule has 9 nitrogen and oxygen atoms in total. The van der Waals surface area contributed by atoms with Crippen molar-refractivity contribution in [2.75, 3.05) is 6.54 Å². The fourth-order valence-corrected chi connectivity index (χ4v) is 4.22. The summed E-state index contributed by atoms with van der Waals surface area (Å²) in [5.41, 5.74) is -1.34. The van der Waals surface area contributed by atoms with Gasteiger partial charge < -0.3 is 24.3 Å². The fraction of sp³-hybridized carbons (Fsp3) is 0.679. The highest BCUT2D eigenvalue weighted by Crippen LogP contribution is 2.37. The van der Waals surface area contributed by atoms with E-state index in [1.807, 2.05) is 71.9 Å². The quantitative estimate of drug-likeness (QED) is 0.258. The molecule has 1 aromatic rings. The van der Waals surface area contributed by atoms with Crippen molar-refractivity contribution in [1.82, 2.24) is 10.2 Å². The van der Waals surface area contributed by atoms with Crippen LogP contribution in [0.3, 0.4) is 0 Å². The van der Waals surface area contributed by atoms with Crippen LogP contribution in [0.15, 0.2) is 30.3 Å². The summed E-state index contributed by atoms with van der Waals surface area (Å²) in [6.45, 7) is 15.1. The minimum atomic E-state index is -0.959. The van der Waals surface area contributed by atoms with E-state index in [2.05, 4.69) is 5.32 Å². The lowest BCUT2D eigenvalue weighted by Crippen LogP contribution is -2.50. The largest absolute Gasteiger partial charge is 0.460 e. The number of carbonyl (C=O) groups is 3. The van der Waals surface area contributed by atoms with Gasteiger partial charge in [0.05, 0.1) is 18.6 Å². The van der Waals surface area contributed by atoms with Crippen LogP contribution < -0.4 is 5.32 Å². The van der Waals surface area contributed by atoms with Crippen LogP contribution in [0.5, 0.6) is 0 Å². The van der Waals surface area contributed by atoms with Gasteiger partial charge in [-0.25, -0.2) is 9.59 Å². The van der Waals surface area contributed by atoms with Crippen LogP contribution in [0, 0.1) is 0 Å². The van der Waals surface area contributed by atoms with Gasteiger partial charge in [0, 0.05) is 6.54 Å². The van der Waals surface area contributed by atoms with Gasteiger partial charge in [-0.1, -0.05) is 30.3 Å². The second-order valence-corrected chi connectivity index (χ2v) is 11.8. The van der Waals surface area contributed by atoms with E-state index < -0.39 is 35.2 Å². The maximum Gasteiger partial charge on any atom is 0.412 e. The highest BCUT2D eigenvalue weighted by atomic mass is 16.6. The summed E-state index contributed by atoms with van der Waals surface area (Å²) in [4.78, 5) is 39.3. The van der Waals surface area contributed by atoms with Gasteiger partial charge >= 0.3 is 18.2 Å². The molecule has 0 unspecified atom stereocenters. The summed E-state index contributed by atoms with van der Waals surface area (Å²) in [5.74, 6) is -0.382. The van der Waals surface area contributed by atoms with Crippen molar-refractivity contribution in [2.45, 2.75) is 117 Å². The number of unbranched alkanes of at least 4 members (excludes halogenated alkanes) is 1. The van der Waals surface area contributed by atoms with Crippen molar-refractivity contribution >= 4 is 18.2 Å². The van der Waals surface area contributed by atoms with Crippen LogP contribution in [-0.2, 0) is 30.3 Å². The highest BCUT2D eigenvalue weighted by molar-refractivity contribution is 5.72. The second-order valence-electron chi connectivity index (χ2n) is 11.8. The van der Waals surface area contributed by atoms with E-state index in [0.29, 0.717) is 25.8 Å². The summed E-state index contributed by atoms with van der Waals surface area (Å²) >= 11 is 0. The van der Waals surface area contributed by atoms with Crippen LogP contribution in [0.2, 0.25) is 0 Å². The maximum absolute atomic E-state index is 13.1. The number of esters is 1. The number of hydrogen-bond acceptors (Lipinski definition) is 7. The van der Waals surface area contributed by atoms with E-state index in [1.54, 1.807) is 18.7 Å². The number of hydrogen-bond donors (Lipinski definition) is 1. The summed E-state index contributed by atoms with van der Waals surface area (Å²) < 4.78 is 22.6. The Hall–Kier alpha value is -2.81. The van der Waals surface area contributed by atoms with Gasteiger partial charge in [0.2, 0.25) is 0 Å². The Bertz CT molecular complexity index is 903. The molecule has 9 heteroatoms. The number of nitrogens with one attached hydrogen (secondary N) is 1. The van der Waals surface area contributed by atoms with Crippen LogP contribution in [0.25, 0.3) is 0 Å². The smallest absolute Gasteiger partial charge is 0.412 e. The average molecular weight is 521 g/mol. The summed E-state index contributed by atoms with van der Waals surface area (Å²) in [6, 6.07) is 9.08. The second kappa shape index (κ2) is 12.6. The minimum absolute atomic E-state index is 0.0225. The Balaban J connectivity index is 1.96. The lowest BCUT2D eigenvalue weighted by molar-refractivity contribution is -0.159. The van der Waals surface area contributed by atoms with Crippen molar-refractivity contribution in [2.24, 2.45) is 0 Å². The monoisotopic (exact) mass is 520 g/mol. The number of ether oxygens (including phenoxy) is 4. The Morgan fingerprint density at radius 1 is 0.973 bits per heavy atom. The number of carbonyl (C=O) groups excluding carboxylic acids is 3. The highest BCUT2D eigenvalue weighted by Gasteiger charge is 2.51. The molecule has 1 saturated heterocycles. The molecule has 2 atom stereocenters. The van der Waals surface area contributed by atoms with E-state index >= 15 is 0 Å². The van der Waals surface area contributed by atoms with Crippen LogP contribution in [0.1, 0.15) is 86.6 Å². The van der Waals surface area contributed by atoms with E-state index in [9.17, 15) is 14.4 Å². The third kappa shape index (κ3) is 10.6. The predicted molar refractivity (Wildman–Crippen MR) is 140 cm³/mol. The van der Waals surface area contributed by atoms with E-state index in [1.165, 1.54) is 0 Å². The van der Waals surface area contributed by atoms with E-state index in [-0.39, 0.29) is 25.0 Å². The number of rotatable bonds is 9. The molecule has 208 valence electrons. The van der Waals surface area contributed by atoms with Gasteiger partial charge in [-0.3, -0.25) is 9.69 Å². The SMILES string of the molecule is CC(C)(C)OC(=O)C[C@@H]1OC(C)(C)N(C(=O)OC(C)(C)C)[C@H]1CCCCNC(=O)OCc1ccccc1. The molecule has 1 N–H and O–H groups in total. The molecule has 1 aliphatic heterocycles. The Morgan fingerprint density at radius 2 is 1.59 bits per heavy atom. The number of amides is 2. The lowest BCUT2D eigenvalue weighted by Gasteiger charge is -2.35. The van der Waals surface area contributed by atoms with E-state index in [0.717, 1.165) is 5.56 Å². The van der Waals surface area contributed by atoms with Crippen LogP contribution >= 0.6 is 0 Å². The summed E-state index contributed by atoms with van der Waals surface area (Å²) in [6.07, 6.45) is 0.433. The third-order valence-corrected chi connectivity index (χ3v) is 5.57. The van der Waals surface area contributed by atoms with Crippen LogP contribution in [-0.4, -0.2) is 58.7 Å². The first-order valence-corrected chi connectivity index (χ1v) is 12.9. The van der Waals surface area contributed by atoms with Crippen molar-refractivity contribution in [3.63, 3.8) is 0 Å². The maximum atomic E-state index is 13.1. The average Bonchev–Trinajstić information content (AvgIpc) is 2.99. The fourth-order valence-electron chi connectivity index (χ4n) is 4.22. The summed E-state index contributed by atoms with van der Waals surface area (Å²) in [5, 5.41) is 2.76. The van der Waals surface area contributed by atoms with Crippen molar-refractivity contribution < 1.29 is 33.3 Å². The molecule has 0 aliphatic carbocycles. The number of alkyl carbamates (subject to hydrolysis) is 1. The first-order valence-electron chi connectivity index (χ1n) is 12.9. The standard InChI is InChI=1S/C28H44N2O7/c1-26(2,3)36-23(31)18-22-21(30(28(7,8)35-22)25(33)37-27(4,5)6)16-12-13-17-29-24(32)34-19-20-14-10-9-11-15-20/h9-11,14-15,21-22H,12-13,16-19H2,1-8H3,(H,29,32)/t21-,22-/m0/s1.